The van der Waals surface area contributed by atoms with E-state index < -0.39 is 29.6 Å². The van der Waals surface area contributed by atoms with Crippen LogP contribution >= 0.6 is 23.4 Å². The van der Waals surface area contributed by atoms with Crippen molar-refractivity contribution in [2.24, 2.45) is 0 Å². The molecule has 0 radical (unpaired) electrons. The standard InChI is InChI=1S/C27H23ClN2O7S/c1-3-35-18-8-6-17(7-9-18)29-24(31)15-30-25(32)23(38-27(30)34)14-19-10-12-22(37-19)16-5-11-21(28)20(13-16)26(33)36-4-2/h5-14H,3-4,15H2,1-2H3,(H,29,31)/b23-14+. The summed E-state index contributed by atoms with van der Waals surface area (Å²) in [5.41, 5.74) is 1.29. The quantitative estimate of drug-likeness (QED) is 0.259. The molecule has 11 heteroatoms. The number of halogens is 1. The SMILES string of the molecule is CCOC(=O)c1cc(-c2ccc(/C=C3/SC(=O)N(CC(=O)Nc4ccc(OCC)cc4)C3=O)o2)ccc1Cl. The molecule has 9 nitrogen and oxygen atoms in total. The van der Waals surface area contributed by atoms with Crippen molar-refractivity contribution < 1.29 is 33.1 Å². The van der Waals surface area contributed by atoms with Crippen LogP contribution in [0.25, 0.3) is 17.4 Å². The van der Waals surface area contributed by atoms with Crippen LogP contribution in [-0.2, 0) is 14.3 Å². The molecule has 2 heterocycles. The van der Waals surface area contributed by atoms with Gasteiger partial charge in [-0.1, -0.05) is 11.6 Å². The van der Waals surface area contributed by atoms with Crippen LogP contribution in [0.1, 0.15) is 30.0 Å². The first-order valence-corrected chi connectivity index (χ1v) is 12.8. The van der Waals surface area contributed by atoms with Gasteiger partial charge >= 0.3 is 5.97 Å². The Morgan fingerprint density at radius 1 is 1.05 bits per heavy atom. The minimum absolute atomic E-state index is 0.119. The number of anilines is 1. The van der Waals surface area contributed by atoms with Gasteiger partial charge in [0.2, 0.25) is 5.91 Å². The molecule has 196 valence electrons. The van der Waals surface area contributed by atoms with Gasteiger partial charge in [0.05, 0.1) is 28.7 Å². The molecule has 3 aromatic rings. The number of carbonyl (C=O) groups is 4. The van der Waals surface area contributed by atoms with Gasteiger partial charge in [-0.25, -0.2) is 4.79 Å². The van der Waals surface area contributed by atoms with Crippen LogP contribution < -0.4 is 10.1 Å². The average molecular weight is 555 g/mol. The lowest BCUT2D eigenvalue weighted by atomic mass is 10.1. The Kier molecular flexibility index (Phi) is 8.55. The number of amides is 3. The number of carbonyl (C=O) groups excluding carboxylic acids is 4. The summed E-state index contributed by atoms with van der Waals surface area (Å²) in [6.45, 7) is 3.87. The van der Waals surface area contributed by atoms with Crippen molar-refractivity contribution in [1.82, 2.24) is 4.90 Å². The Morgan fingerprint density at radius 3 is 2.53 bits per heavy atom. The van der Waals surface area contributed by atoms with E-state index in [1.807, 2.05) is 6.92 Å². The molecule has 3 amide bonds. The van der Waals surface area contributed by atoms with Crippen molar-refractivity contribution in [3.8, 4) is 17.1 Å². The minimum Gasteiger partial charge on any atom is -0.494 e. The lowest BCUT2D eigenvalue weighted by Crippen LogP contribution is -2.36. The van der Waals surface area contributed by atoms with Gasteiger partial charge in [-0.15, -0.1) is 0 Å². The summed E-state index contributed by atoms with van der Waals surface area (Å²) < 4.78 is 16.2. The van der Waals surface area contributed by atoms with Gasteiger partial charge in [0.1, 0.15) is 23.8 Å². The van der Waals surface area contributed by atoms with E-state index in [9.17, 15) is 19.2 Å². The molecular weight excluding hydrogens is 532 g/mol. The lowest BCUT2D eigenvalue weighted by Gasteiger charge is -2.12. The van der Waals surface area contributed by atoms with Crippen LogP contribution in [-0.4, -0.2) is 47.7 Å². The molecule has 0 saturated carbocycles. The highest BCUT2D eigenvalue weighted by Crippen LogP contribution is 2.34. The number of imide groups is 1. The zero-order chi connectivity index (χ0) is 27.2. The van der Waals surface area contributed by atoms with Crippen molar-refractivity contribution >= 4 is 58.1 Å². The number of nitrogens with one attached hydrogen (secondary N) is 1. The Bertz CT molecular complexity index is 1420. The maximum atomic E-state index is 12.8. The fraction of sp³-hybridized carbons (Fsp3) is 0.185. The van der Waals surface area contributed by atoms with Gasteiger partial charge < -0.3 is 19.2 Å². The Morgan fingerprint density at radius 2 is 1.82 bits per heavy atom. The number of thioether (sulfide) groups is 1. The third-order valence-corrected chi connectivity index (χ3v) is 6.51. The third-order valence-electron chi connectivity index (χ3n) is 5.27. The van der Waals surface area contributed by atoms with Gasteiger partial charge in [0.15, 0.2) is 0 Å². The predicted octanol–water partition coefficient (Wildman–Crippen LogP) is 5.85. The molecule has 0 spiro atoms. The van der Waals surface area contributed by atoms with Gasteiger partial charge in [-0.3, -0.25) is 19.3 Å². The number of rotatable bonds is 9. The second-order valence-electron chi connectivity index (χ2n) is 7.89. The summed E-state index contributed by atoms with van der Waals surface area (Å²) in [7, 11) is 0. The largest absolute Gasteiger partial charge is 0.494 e. The smallest absolute Gasteiger partial charge is 0.339 e. The molecule has 2 aromatic carbocycles. The molecule has 1 fully saturated rings. The highest BCUT2D eigenvalue weighted by atomic mass is 35.5. The van der Waals surface area contributed by atoms with Crippen LogP contribution in [0, 0.1) is 0 Å². The molecule has 4 rings (SSSR count). The summed E-state index contributed by atoms with van der Waals surface area (Å²) in [6, 6.07) is 14.9. The maximum absolute atomic E-state index is 12.8. The van der Waals surface area contributed by atoms with Crippen molar-refractivity contribution in [3.05, 3.63) is 75.8 Å². The summed E-state index contributed by atoms with van der Waals surface area (Å²) in [5, 5.41) is 2.35. The normalized spacial score (nSPS) is 14.2. The van der Waals surface area contributed by atoms with E-state index in [1.165, 1.54) is 6.08 Å². The van der Waals surface area contributed by atoms with Crippen molar-refractivity contribution in [2.75, 3.05) is 25.1 Å². The summed E-state index contributed by atoms with van der Waals surface area (Å²) >= 11 is 6.84. The molecule has 1 N–H and O–H groups in total. The van der Waals surface area contributed by atoms with Crippen molar-refractivity contribution in [3.63, 3.8) is 0 Å². The molecule has 0 unspecified atom stereocenters. The van der Waals surface area contributed by atoms with Crippen molar-refractivity contribution in [2.45, 2.75) is 13.8 Å². The van der Waals surface area contributed by atoms with Crippen molar-refractivity contribution in [1.29, 1.82) is 0 Å². The molecule has 0 bridgehead atoms. The Hall–Kier alpha value is -4.02. The van der Waals surface area contributed by atoms with E-state index in [4.69, 9.17) is 25.5 Å². The molecule has 1 aliphatic heterocycles. The first kappa shape index (κ1) is 27.0. The van der Waals surface area contributed by atoms with E-state index in [-0.39, 0.29) is 22.1 Å². The van der Waals surface area contributed by atoms with E-state index in [2.05, 4.69) is 5.32 Å². The maximum Gasteiger partial charge on any atom is 0.339 e. The van der Waals surface area contributed by atoms with Crippen LogP contribution in [0.5, 0.6) is 5.75 Å². The molecule has 0 aliphatic carbocycles. The van der Waals surface area contributed by atoms with Gasteiger partial charge in [-0.05, 0) is 80.2 Å². The Labute approximate surface area is 227 Å². The van der Waals surface area contributed by atoms with Crippen LogP contribution in [0.15, 0.2) is 63.9 Å². The van der Waals surface area contributed by atoms with E-state index in [0.717, 1.165) is 4.90 Å². The lowest BCUT2D eigenvalue weighted by molar-refractivity contribution is -0.127. The topological polar surface area (TPSA) is 115 Å². The summed E-state index contributed by atoms with van der Waals surface area (Å²) in [6.07, 6.45) is 1.43. The summed E-state index contributed by atoms with van der Waals surface area (Å²) in [4.78, 5) is 50.9. The third kappa shape index (κ3) is 6.27. The fourth-order valence-corrected chi connectivity index (χ4v) is 4.55. The average Bonchev–Trinajstić information content (AvgIpc) is 3.46. The van der Waals surface area contributed by atoms with Crippen LogP contribution in [0.4, 0.5) is 10.5 Å². The van der Waals surface area contributed by atoms with E-state index in [0.29, 0.717) is 46.9 Å². The second-order valence-corrected chi connectivity index (χ2v) is 9.29. The van der Waals surface area contributed by atoms with Gasteiger partial charge in [-0.2, -0.15) is 0 Å². The highest BCUT2D eigenvalue weighted by molar-refractivity contribution is 8.18. The summed E-state index contributed by atoms with van der Waals surface area (Å²) in [5.74, 6) is -0.261. The zero-order valence-corrected chi connectivity index (χ0v) is 22.1. The van der Waals surface area contributed by atoms with E-state index in [1.54, 1.807) is 61.5 Å². The highest BCUT2D eigenvalue weighted by Gasteiger charge is 2.36. The molecule has 38 heavy (non-hydrogen) atoms. The number of ether oxygens (including phenoxy) is 2. The Balaban J connectivity index is 1.43. The number of esters is 1. The number of hydrogen-bond acceptors (Lipinski definition) is 8. The first-order chi connectivity index (χ1) is 18.3. The fourth-order valence-electron chi connectivity index (χ4n) is 3.54. The van der Waals surface area contributed by atoms with Gasteiger partial charge in [0, 0.05) is 17.3 Å². The molecular formula is C27H23ClN2O7S. The van der Waals surface area contributed by atoms with Gasteiger partial charge in [0.25, 0.3) is 11.1 Å². The molecule has 1 aliphatic rings. The minimum atomic E-state index is -0.601. The number of nitrogens with zero attached hydrogens (tertiary/aromatic N) is 1. The molecule has 1 aromatic heterocycles. The number of furan rings is 1. The monoisotopic (exact) mass is 554 g/mol. The number of hydrogen-bond donors (Lipinski definition) is 1. The molecule has 1 saturated heterocycles. The number of benzene rings is 2. The first-order valence-electron chi connectivity index (χ1n) is 11.6. The zero-order valence-electron chi connectivity index (χ0n) is 20.5. The molecule has 0 atom stereocenters. The van der Waals surface area contributed by atoms with Crippen LogP contribution in [0.2, 0.25) is 5.02 Å². The predicted molar refractivity (Wildman–Crippen MR) is 144 cm³/mol. The second kappa shape index (κ2) is 12.0. The van der Waals surface area contributed by atoms with Crippen LogP contribution in [0.3, 0.4) is 0 Å². The van der Waals surface area contributed by atoms with E-state index >= 15 is 0 Å².